The fourth-order valence-corrected chi connectivity index (χ4v) is 2.88. The van der Waals surface area contributed by atoms with Crippen molar-refractivity contribution in [3.63, 3.8) is 0 Å². The maximum atomic E-state index is 12.8. The predicted molar refractivity (Wildman–Crippen MR) is 118 cm³/mol. The van der Waals surface area contributed by atoms with E-state index in [1.54, 1.807) is 31.4 Å². The number of hydrogen-bond acceptors (Lipinski definition) is 4. The Labute approximate surface area is 192 Å². The average molecular weight is 479 g/mol. The summed E-state index contributed by atoms with van der Waals surface area (Å²) in [6.07, 6.45) is -4.57. The van der Waals surface area contributed by atoms with Crippen molar-refractivity contribution in [2.45, 2.75) is 6.18 Å². The molecular formula is C23H18ClF3N2O4. The van der Waals surface area contributed by atoms with E-state index in [2.05, 4.69) is 10.6 Å². The number of carbonyl (C=O) groups is 2. The fourth-order valence-electron chi connectivity index (χ4n) is 2.71. The highest BCUT2D eigenvalue weighted by molar-refractivity contribution is 6.33. The van der Waals surface area contributed by atoms with Gasteiger partial charge in [-0.3, -0.25) is 9.59 Å². The maximum Gasteiger partial charge on any atom is 0.416 e. The van der Waals surface area contributed by atoms with E-state index >= 15 is 0 Å². The molecule has 0 heterocycles. The van der Waals surface area contributed by atoms with E-state index < -0.39 is 24.3 Å². The molecule has 0 spiro atoms. The minimum absolute atomic E-state index is 0.0384. The molecule has 0 saturated carbocycles. The first-order valence-electron chi connectivity index (χ1n) is 9.50. The van der Waals surface area contributed by atoms with Crippen LogP contribution < -0.4 is 20.1 Å². The van der Waals surface area contributed by atoms with Crippen molar-refractivity contribution < 1.29 is 32.2 Å². The molecular weight excluding hydrogens is 461 g/mol. The third-order valence-electron chi connectivity index (χ3n) is 4.40. The second kappa shape index (κ2) is 10.3. The average Bonchev–Trinajstić information content (AvgIpc) is 2.79. The minimum atomic E-state index is -4.57. The monoisotopic (exact) mass is 478 g/mol. The summed E-state index contributed by atoms with van der Waals surface area (Å²) >= 11 is 5.86. The zero-order chi connectivity index (χ0) is 24.0. The molecule has 2 amide bonds. The van der Waals surface area contributed by atoms with Gasteiger partial charge in [-0.25, -0.2) is 0 Å². The van der Waals surface area contributed by atoms with Gasteiger partial charge in [0.25, 0.3) is 11.8 Å². The summed E-state index contributed by atoms with van der Waals surface area (Å²) in [5, 5.41) is 4.99. The van der Waals surface area contributed by atoms with E-state index in [0.29, 0.717) is 22.7 Å². The van der Waals surface area contributed by atoms with Crippen molar-refractivity contribution in [1.29, 1.82) is 0 Å². The molecule has 0 radical (unpaired) electrons. The van der Waals surface area contributed by atoms with E-state index in [0.717, 1.165) is 18.2 Å². The quantitative estimate of drug-likeness (QED) is 0.461. The van der Waals surface area contributed by atoms with Gasteiger partial charge in [0.15, 0.2) is 6.61 Å². The van der Waals surface area contributed by atoms with Crippen LogP contribution in [0.2, 0.25) is 5.02 Å². The van der Waals surface area contributed by atoms with Gasteiger partial charge < -0.3 is 20.1 Å². The van der Waals surface area contributed by atoms with Crippen LogP contribution in [0.4, 0.5) is 24.5 Å². The Bertz CT molecular complexity index is 1130. The third-order valence-corrected chi connectivity index (χ3v) is 4.73. The second-order valence-corrected chi connectivity index (χ2v) is 7.14. The predicted octanol–water partition coefficient (Wildman–Crippen LogP) is 5.64. The largest absolute Gasteiger partial charge is 0.497 e. The smallest absolute Gasteiger partial charge is 0.416 e. The van der Waals surface area contributed by atoms with Crippen LogP contribution in [0.1, 0.15) is 15.9 Å². The van der Waals surface area contributed by atoms with E-state index in [9.17, 15) is 22.8 Å². The van der Waals surface area contributed by atoms with Crippen LogP contribution in [0.25, 0.3) is 0 Å². The summed E-state index contributed by atoms with van der Waals surface area (Å²) < 4.78 is 48.9. The van der Waals surface area contributed by atoms with E-state index in [4.69, 9.17) is 21.1 Å². The number of anilines is 2. The number of benzene rings is 3. The third kappa shape index (κ3) is 6.63. The molecule has 6 nitrogen and oxygen atoms in total. The number of carbonyl (C=O) groups excluding carboxylic acids is 2. The van der Waals surface area contributed by atoms with Crippen molar-refractivity contribution in [3.05, 3.63) is 82.9 Å². The van der Waals surface area contributed by atoms with Crippen LogP contribution in [0.15, 0.2) is 66.7 Å². The van der Waals surface area contributed by atoms with Crippen molar-refractivity contribution in [1.82, 2.24) is 0 Å². The normalized spacial score (nSPS) is 10.9. The lowest BCUT2D eigenvalue weighted by Crippen LogP contribution is -2.21. The molecule has 3 rings (SSSR count). The van der Waals surface area contributed by atoms with Gasteiger partial charge >= 0.3 is 6.18 Å². The number of alkyl halides is 3. The number of ether oxygens (including phenoxy) is 2. The van der Waals surface area contributed by atoms with Crippen molar-refractivity contribution in [2.24, 2.45) is 0 Å². The Hall–Kier alpha value is -3.72. The van der Waals surface area contributed by atoms with Gasteiger partial charge in [-0.2, -0.15) is 13.2 Å². The lowest BCUT2D eigenvalue weighted by Gasteiger charge is -2.12. The zero-order valence-corrected chi connectivity index (χ0v) is 18.0. The fraction of sp³-hybridized carbons (Fsp3) is 0.130. The molecule has 0 fully saturated rings. The van der Waals surface area contributed by atoms with Crippen LogP contribution in [0, 0.1) is 0 Å². The molecule has 0 aliphatic carbocycles. The summed E-state index contributed by atoms with van der Waals surface area (Å²) in [6, 6.07) is 15.4. The number of amides is 2. The van der Waals surface area contributed by atoms with Gasteiger partial charge in [0, 0.05) is 11.3 Å². The topological polar surface area (TPSA) is 76.7 Å². The van der Waals surface area contributed by atoms with E-state index in [-0.39, 0.29) is 16.6 Å². The number of methoxy groups -OCH3 is 1. The van der Waals surface area contributed by atoms with Crippen LogP contribution >= 0.6 is 11.6 Å². The molecule has 10 heteroatoms. The van der Waals surface area contributed by atoms with Crippen molar-refractivity contribution in [2.75, 3.05) is 24.4 Å². The molecule has 0 bridgehead atoms. The number of nitrogens with one attached hydrogen (secondary N) is 2. The van der Waals surface area contributed by atoms with E-state index in [1.807, 2.05) is 0 Å². The van der Waals surface area contributed by atoms with Crippen LogP contribution in [0.3, 0.4) is 0 Å². The summed E-state index contributed by atoms with van der Waals surface area (Å²) in [4.78, 5) is 24.4. The molecule has 33 heavy (non-hydrogen) atoms. The molecule has 0 saturated heterocycles. The van der Waals surface area contributed by atoms with Crippen LogP contribution in [0.5, 0.6) is 11.5 Å². The van der Waals surface area contributed by atoms with Gasteiger partial charge in [0.1, 0.15) is 11.5 Å². The van der Waals surface area contributed by atoms with Crippen LogP contribution in [-0.4, -0.2) is 25.5 Å². The molecule has 0 aliphatic rings. The summed E-state index contributed by atoms with van der Waals surface area (Å²) in [7, 11) is 1.54. The Morgan fingerprint density at radius 2 is 1.55 bits per heavy atom. The summed E-state index contributed by atoms with van der Waals surface area (Å²) in [6.45, 7) is -0.468. The maximum absolute atomic E-state index is 12.8. The second-order valence-electron chi connectivity index (χ2n) is 6.74. The Morgan fingerprint density at radius 1 is 0.909 bits per heavy atom. The molecule has 0 atom stereocenters. The SMILES string of the molecule is COc1ccc(NC(=O)c2ccc(OCC(=O)Nc3cc(C(F)(F)F)ccc3Cl)cc2)cc1. The van der Waals surface area contributed by atoms with Crippen molar-refractivity contribution in [3.8, 4) is 11.5 Å². The first kappa shape index (κ1) is 23.9. The number of halogens is 4. The van der Waals surface area contributed by atoms with E-state index in [1.165, 1.54) is 24.3 Å². The van der Waals surface area contributed by atoms with Crippen molar-refractivity contribution >= 4 is 34.8 Å². The Balaban J connectivity index is 1.54. The molecule has 0 unspecified atom stereocenters. The number of hydrogen-bond donors (Lipinski definition) is 2. The Morgan fingerprint density at radius 3 is 2.15 bits per heavy atom. The molecule has 0 aliphatic heterocycles. The van der Waals surface area contributed by atoms with Gasteiger partial charge in [0.2, 0.25) is 0 Å². The van der Waals surface area contributed by atoms with Gasteiger partial charge in [-0.05, 0) is 66.7 Å². The highest BCUT2D eigenvalue weighted by atomic mass is 35.5. The molecule has 3 aromatic carbocycles. The zero-order valence-electron chi connectivity index (χ0n) is 17.2. The van der Waals surface area contributed by atoms with Gasteiger partial charge in [0.05, 0.1) is 23.4 Å². The molecule has 172 valence electrons. The standard InChI is InChI=1S/C23H18ClF3N2O4/c1-32-17-9-5-16(6-10-17)28-22(31)14-2-7-18(8-3-14)33-13-21(30)29-20-12-15(23(25,26)27)4-11-19(20)24/h2-12H,13H2,1H3,(H,28,31)(H,29,30). The number of rotatable bonds is 7. The minimum Gasteiger partial charge on any atom is -0.497 e. The highest BCUT2D eigenvalue weighted by Gasteiger charge is 2.31. The summed E-state index contributed by atoms with van der Waals surface area (Å²) in [5.74, 6) is -0.0867. The van der Waals surface area contributed by atoms with Crippen LogP contribution in [-0.2, 0) is 11.0 Å². The lowest BCUT2D eigenvalue weighted by atomic mass is 10.2. The van der Waals surface area contributed by atoms with Gasteiger partial charge in [-0.1, -0.05) is 11.6 Å². The first-order valence-corrected chi connectivity index (χ1v) is 9.88. The Kier molecular flexibility index (Phi) is 7.44. The molecule has 0 aromatic heterocycles. The lowest BCUT2D eigenvalue weighted by molar-refractivity contribution is -0.137. The first-order chi connectivity index (χ1) is 15.7. The molecule has 2 N–H and O–H groups in total. The molecule has 3 aromatic rings. The van der Waals surface area contributed by atoms with Gasteiger partial charge in [-0.15, -0.1) is 0 Å². The summed E-state index contributed by atoms with van der Waals surface area (Å²) in [5.41, 5.74) is -0.165. The highest BCUT2D eigenvalue weighted by Crippen LogP contribution is 2.33.